The number of hydrogen-bond donors (Lipinski definition) is 4. The highest BCUT2D eigenvalue weighted by Gasteiger charge is 2.39. The molecule has 2 saturated heterocycles. The second-order valence-electron chi connectivity index (χ2n) is 7.76. The Kier molecular flexibility index (Phi) is 5.76. The van der Waals surface area contributed by atoms with Crippen LogP contribution in [0.5, 0.6) is 5.75 Å². The molecule has 0 unspecified atom stereocenters. The number of aryl methyl sites for hydroxylation is 2. The van der Waals surface area contributed by atoms with E-state index in [-0.39, 0.29) is 30.4 Å². The number of aromatic hydroxyl groups is 1. The number of likely N-dealkylation sites (tertiary alicyclic amines) is 1. The lowest BCUT2D eigenvalue weighted by Crippen LogP contribution is -2.61. The van der Waals surface area contributed by atoms with Crippen molar-refractivity contribution < 1.29 is 24.3 Å². The zero-order valence-corrected chi connectivity index (χ0v) is 16.5. The van der Waals surface area contributed by atoms with Gasteiger partial charge in [0.2, 0.25) is 23.6 Å². The van der Waals surface area contributed by atoms with Crippen molar-refractivity contribution in [3.63, 3.8) is 0 Å². The third-order valence-corrected chi connectivity index (χ3v) is 5.51. The summed E-state index contributed by atoms with van der Waals surface area (Å²) in [6.45, 7) is 3.91. The van der Waals surface area contributed by atoms with E-state index in [2.05, 4.69) is 10.6 Å². The summed E-state index contributed by atoms with van der Waals surface area (Å²) in [6.07, 6.45) is 1.43. The van der Waals surface area contributed by atoms with Crippen molar-refractivity contribution in [2.24, 2.45) is 5.73 Å². The van der Waals surface area contributed by atoms with Crippen molar-refractivity contribution in [2.75, 3.05) is 6.54 Å². The highest BCUT2D eigenvalue weighted by atomic mass is 16.3. The van der Waals surface area contributed by atoms with Gasteiger partial charge < -0.3 is 26.4 Å². The van der Waals surface area contributed by atoms with E-state index in [0.29, 0.717) is 30.5 Å². The van der Waals surface area contributed by atoms with Gasteiger partial charge in [-0.25, -0.2) is 0 Å². The number of primary amides is 1. The lowest BCUT2D eigenvalue weighted by atomic mass is 9.98. The topological polar surface area (TPSA) is 142 Å². The molecule has 2 aliphatic rings. The van der Waals surface area contributed by atoms with Crippen LogP contribution in [0.1, 0.15) is 36.0 Å². The number of β-lactam (4-membered cyclic amide) rings is 1. The van der Waals surface area contributed by atoms with Crippen LogP contribution in [0.4, 0.5) is 0 Å². The van der Waals surface area contributed by atoms with Gasteiger partial charge in [-0.05, 0) is 43.4 Å². The SMILES string of the molecule is Cc1cc(C[C@H](NC(=O)[C@@H]2CC(=O)N2)C(=O)N2CCC[C@H]2C(N)=O)cc(C)c1O. The Bertz CT molecular complexity index is 837. The average Bonchev–Trinajstić information content (AvgIpc) is 3.12. The van der Waals surface area contributed by atoms with Gasteiger partial charge in [0.1, 0.15) is 23.9 Å². The summed E-state index contributed by atoms with van der Waals surface area (Å²) in [6, 6.07) is 1.26. The summed E-state index contributed by atoms with van der Waals surface area (Å²) in [7, 11) is 0. The zero-order valence-electron chi connectivity index (χ0n) is 16.5. The first-order valence-corrected chi connectivity index (χ1v) is 9.66. The number of amides is 4. The van der Waals surface area contributed by atoms with Crippen molar-refractivity contribution in [1.82, 2.24) is 15.5 Å². The lowest BCUT2D eigenvalue weighted by molar-refractivity contribution is -0.142. The third-order valence-electron chi connectivity index (χ3n) is 5.51. The fourth-order valence-corrected chi connectivity index (χ4v) is 3.91. The molecule has 0 saturated carbocycles. The monoisotopic (exact) mass is 402 g/mol. The van der Waals surface area contributed by atoms with Crippen LogP contribution in [0.25, 0.3) is 0 Å². The van der Waals surface area contributed by atoms with Gasteiger partial charge in [-0.2, -0.15) is 0 Å². The molecule has 9 nitrogen and oxygen atoms in total. The molecule has 0 radical (unpaired) electrons. The number of phenolic OH excluding ortho intramolecular Hbond substituents is 1. The fourth-order valence-electron chi connectivity index (χ4n) is 3.91. The molecule has 9 heteroatoms. The van der Waals surface area contributed by atoms with E-state index in [1.165, 1.54) is 4.90 Å². The van der Waals surface area contributed by atoms with Gasteiger partial charge >= 0.3 is 0 Å². The molecular weight excluding hydrogens is 376 g/mol. The quantitative estimate of drug-likeness (QED) is 0.470. The zero-order chi connectivity index (χ0) is 21.3. The fraction of sp³-hybridized carbons (Fsp3) is 0.500. The van der Waals surface area contributed by atoms with Crippen LogP contribution in [-0.4, -0.2) is 58.3 Å². The molecule has 1 aromatic carbocycles. The maximum atomic E-state index is 13.2. The maximum absolute atomic E-state index is 13.2. The molecule has 5 N–H and O–H groups in total. The first-order chi connectivity index (χ1) is 13.7. The third kappa shape index (κ3) is 4.33. The predicted octanol–water partition coefficient (Wildman–Crippen LogP) is -0.599. The second-order valence-corrected chi connectivity index (χ2v) is 7.76. The summed E-state index contributed by atoms with van der Waals surface area (Å²) in [5.41, 5.74) is 7.54. The van der Waals surface area contributed by atoms with Crippen molar-refractivity contribution in [1.29, 1.82) is 0 Å². The lowest BCUT2D eigenvalue weighted by Gasteiger charge is -2.31. The smallest absolute Gasteiger partial charge is 0.246 e. The van der Waals surface area contributed by atoms with E-state index in [0.717, 1.165) is 5.56 Å². The van der Waals surface area contributed by atoms with E-state index >= 15 is 0 Å². The van der Waals surface area contributed by atoms with Gasteiger partial charge in [0.05, 0.1) is 6.42 Å². The van der Waals surface area contributed by atoms with Gasteiger partial charge in [0.25, 0.3) is 0 Å². The van der Waals surface area contributed by atoms with E-state index in [9.17, 15) is 24.3 Å². The molecule has 2 heterocycles. The first-order valence-electron chi connectivity index (χ1n) is 9.66. The van der Waals surface area contributed by atoms with Crippen LogP contribution in [0.15, 0.2) is 12.1 Å². The van der Waals surface area contributed by atoms with Crippen LogP contribution in [0, 0.1) is 13.8 Å². The molecule has 4 amide bonds. The molecule has 29 heavy (non-hydrogen) atoms. The molecule has 0 aromatic heterocycles. The summed E-state index contributed by atoms with van der Waals surface area (Å²) in [4.78, 5) is 49.9. The van der Waals surface area contributed by atoms with Crippen molar-refractivity contribution in [2.45, 2.75) is 57.7 Å². The minimum Gasteiger partial charge on any atom is -0.507 e. The standard InChI is InChI=1S/C20H26N4O5/c1-10-6-12(7-11(2)17(10)26)8-14(23-19(28)13-9-16(25)22-13)20(29)24-5-3-4-15(24)18(21)27/h6-7,13-15,26H,3-5,8-9H2,1-2H3,(H2,21,27)(H,22,25)(H,23,28)/t13-,14-,15-/m0/s1. The maximum Gasteiger partial charge on any atom is 0.246 e. The molecule has 2 fully saturated rings. The van der Waals surface area contributed by atoms with E-state index in [1.807, 2.05) is 0 Å². The normalized spacial score (nSPS) is 21.9. The molecular formula is C20H26N4O5. The van der Waals surface area contributed by atoms with Crippen molar-refractivity contribution in [3.8, 4) is 5.75 Å². The largest absolute Gasteiger partial charge is 0.507 e. The number of rotatable bonds is 6. The molecule has 3 atom stereocenters. The molecule has 0 spiro atoms. The Morgan fingerprint density at radius 1 is 1.31 bits per heavy atom. The van der Waals surface area contributed by atoms with Crippen LogP contribution in [0.3, 0.4) is 0 Å². The van der Waals surface area contributed by atoms with Gasteiger partial charge in [0.15, 0.2) is 0 Å². The van der Waals surface area contributed by atoms with Crippen LogP contribution < -0.4 is 16.4 Å². The molecule has 2 aliphatic heterocycles. The number of carbonyl (C=O) groups excluding carboxylic acids is 4. The first kappa shape index (κ1) is 20.6. The van der Waals surface area contributed by atoms with Crippen LogP contribution >= 0.6 is 0 Å². The van der Waals surface area contributed by atoms with Crippen LogP contribution in [-0.2, 0) is 25.6 Å². The summed E-state index contributed by atoms with van der Waals surface area (Å²) in [5, 5.41) is 15.2. The van der Waals surface area contributed by atoms with Crippen molar-refractivity contribution >= 4 is 23.6 Å². The Hall–Kier alpha value is -3.10. The number of phenols is 1. The second kappa shape index (κ2) is 8.10. The average molecular weight is 402 g/mol. The van der Waals surface area contributed by atoms with E-state index in [4.69, 9.17) is 5.73 Å². The van der Waals surface area contributed by atoms with E-state index < -0.39 is 29.9 Å². The summed E-state index contributed by atoms with van der Waals surface area (Å²) < 4.78 is 0. The molecule has 1 aromatic rings. The van der Waals surface area contributed by atoms with Gasteiger partial charge in [-0.3, -0.25) is 19.2 Å². The number of benzene rings is 1. The minimum atomic E-state index is -0.914. The Morgan fingerprint density at radius 3 is 2.48 bits per heavy atom. The number of nitrogens with one attached hydrogen (secondary N) is 2. The Morgan fingerprint density at radius 2 is 1.93 bits per heavy atom. The Labute approximate surface area is 168 Å². The van der Waals surface area contributed by atoms with Gasteiger partial charge in [-0.1, -0.05) is 12.1 Å². The highest BCUT2D eigenvalue weighted by Crippen LogP contribution is 2.25. The molecule has 0 aliphatic carbocycles. The number of carbonyl (C=O) groups is 4. The van der Waals surface area contributed by atoms with Gasteiger partial charge in [-0.15, -0.1) is 0 Å². The Balaban J connectivity index is 1.83. The summed E-state index contributed by atoms with van der Waals surface area (Å²) in [5.74, 6) is -1.42. The van der Waals surface area contributed by atoms with Crippen LogP contribution in [0.2, 0.25) is 0 Å². The van der Waals surface area contributed by atoms with Crippen molar-refractivity contribution in [3.05, 3.63) is 28.8 Å². The minimum absolute atomic E-state index is 0.0811. The summed E-state index contributed by atoms with van der Waals surface area (Å²) >= 11 is 0. The molecule has 0 bridgehead atoms. The number of nitrogens with zero attached hydrogens (tertiary/aromatic N) is 1. The number of nitrogens with two attached hydrogens (primary N) is 1. The number of hydrogen-bond acceptors (Lipinski definition) is 5. The molecule has 3 rings (SSSR count). The van der Waals surface area contributed by atoms with Gasteiger partial charge in [0, 0.05) is 13.0 Å². The molecule has 156 valence electrons. The highest BCUT2D eigenvalue weighted by molar-refractivity contribution is 5.99. The van der Waals surface area contributed by atoms with E-state index in [1.54, 1.807) is 26.0 Å². The predicted molar refractivity (Wildman–Crippen MR) is 104 cm³/mol.